The molecule has 2 fully saturated rings. The van der Waals surface area contributed by atoms with Crippen molar-refractivity contribution in [3.8, 4) is 0 Å². The van der Waals surface area contributed by atoms with Gasteiger partial charge in [-0.2, -0.15) is 0 Å². The third-order valence-corrected chi connectivity index (χ3v) is 5.03. The maximum absolute atomic E-state index is 12.8. The molecule has 4 atom stereocenters. The third-order valence-electron chi connectivity index (χ3n) is 5.03. The fourth-order valence-electron chi connectivity index (χ4n) is 3.70. The van der Waals surface area contributed by atoms with Crippen molar-refractivity contribution in [3.63, 3.8) is 0 Å². The summed E-state index contributed by atoms with van der Waals surface area (Å²) >= 11 is 0. The topological polar surface area (TPSA) is 86.7 Å². The standard InChI is InChI=1S/C17H28N2O4/c1-10(18-16(23)17(2,3)4)14(20)19-12-8-6-5-7-11(12)9-13(19)15(21)22/h10-13H,5-9H2,1-4H3,(H,18,23)(H,21,22). The van der Waals surface area contributed by atoms with E-state index >= 15 is 0 Å². The lowest BCUT2D eigenvalue weighted by molar-refractivity contribution is -0.151. The number of aliphatic carboxylic acids is 1. The number of fused-ring (bicyclic) bond motifs is 1. The molecule has 2 rings (SSSR count). The van der Waals surface area contributed by atoms with Crippen molar-refractivity contribution >= 4 is 17.8 Å². The Morgan fingerprint density at radius 2 is 1.78 bits per heavy atom. The van der Waals surface area contributed by atoms with Gasteiger partial charge in [-0.25, -0.2) is 4.79 Å². The van der Waals surface area contributed by atoms with E-state index in [4.69, 9.17) is 0 Å². The Labute approximate surface area is 137 Å². The summed E-state index contributed by atoms with van der Waals surface area (Å²) in [5.74, 6) is -1.14. The first-order chi connectivity index (χ1) is 10.6. The van der Waals surface area contributed by atoms with Gasteiger partial charge in [-0.3, -0.25) is 9.59 Å². The van der Waals surface area contributed by atoms with Gasteiger partial charge >= 0.3 is 5.97 Å². The zero-order chi connectivity index (χ0) is 17.4. The zero-order valence-corrected chi connectivity index (χ0v) is 14.5. The molecule has 2 amide bonds. The number of carboxylic acids is 1. The summed E-state index contributed by atoms with van der Waals surface area (Å²) in [6.07, 6.45) is 4.51. The Bertz CT molecular complexity index is 497. The number of hydrogen-bond donors (Lipinski definition) is 2. The second-order valence-electron chi connectivity index (χ2n) is 7.89. The summed E-state index contributed by atoms with van der Waals surface area (Å²) in [7, 11) is 0. The molecule has 1 heterocycles. The monoisotopic (exact) mass is 324 g/mol. The zero-order valence-electron chi connectivity index (χ0n) is 14.5. The van der Waals surface area contributed by atoms with Crippen molar-refractivity contribution in [1.29, 1.82) is 0 Å². The number of nitrogens with zero attached hydrogens (tertiary/aromatic N) is 1. The van der Waals surface area contributed by atoms with Gasteiger partial charge in [0.1, 0.15) is 12.1 Å². The van der Waals surface area contributed by atoms with Gasteiger partial charge in [0.15, 0.2) is 0 Å². The maximum Gasteiger partial charge on any atom is 0.326 e. The number of likely N-dealkylation sites (tertiary alicyclic amines) is 1. The van der Waals surface area contributed by atoms with Crippen LogP contribution in [0.4, 0.5) is 0 Å². The number of carboxylic acid groups (broad SMARTS) is 1. The van der Waals surface area contributed by atoms with Crippen LogP contribution < -0.4 is 5.32 Å². The van der Waals surface area contributed by atoms with Gasteiger partial charge in [0.25, 0.3) is 0 Å². The molecule has 1 saturated carbocycles. The molecule has 0 spiro atoms. The first-order valence-corrected chi connectivity index (χ1v) is 8.49. The summed E-state index contributed by atoms with van der Waals surface area (Å²) < 4.78 is 0. The van der Waals surface area contributed by atoms with E-state index in [2.05, 4.69) is 5.32 Å². The largest absolute Gasteiger partial charge is 0.480 e. The first-order valence-electron chi connectivity index (χ1n) is 8.49. The van der Waals surface area contributed by atoms with E-state index in [1.54, 1.807) is 32.6 Å². The van der Waals surface area contributed by atoms with Gasteiger partial charge in [-0.05, 0) is 32.1 Å². The van der Waals surface area contributed by atoms with E-state index in [1.807, 2.05) is 0 Å². The van der Waals surface area contributed by atoms with E-state index in [0.29, 0.717) is 6.42 Å². The Balaban J connectivity index is 2.14. The Kier molecular flexibility index (Phi) is 5.01. The smallest absolute Gasteiger partial charge is 0.326 e. The minimum absolute atomic E-state index is 0.00587. The fourth-order valence-corrected chi connectivity index (χ4v) is 3.70. The van der Waals surface area contributed by atoms with Gasteiger partial charge in [0.05, 0.1) is 0 Å². The second kappa shape index (κ2) is 6.49. The van der Waals surface area contributed by atoms with Crippen LogP contribution in [0.15, 0.2) is 0 Å². The lowest BCUT2D eigenvalue weighted by Gasteiger charge is -2.35. The summed E-state index contributed by atoms with van der Waals surface area (Å²) in [6, 6.07) is -1.46. The highest BCUT2D eigenvalue weighted by atomic mass is 16.4. The average Bonchev–Trinajstić information content (AvgIpc) is 2.84. The van der Waals surface area contributed by atoms with Crippen molar-refractivity contribution in [2.45, 2.75) is 77.9 Å². The van der Waals surface area contributed by atoms with Crippen molar-refractivity contribution in [2.75, 3.05) is 0 Å². The molecule has 23 heavy (non-hydrogen) atoms. The Morgan fingerprint density at radius 3 is 2.35 bits per heavy atom. The summed E-state index contributed by atoms with van der Waals surface area (Å²) in [4.78, 5) is 38.0. The van der Waals surface area contributed by atoms with Gasteiger partial charge in [-0.1, -0.05) is 33.6 Å². The number of amides is 2. The van der Waals surface area contributed by atoms with E-state index in [0.717, 1.165) is 25.7 Å². The molecule has 0 radical (unpaired) electrons. The minimum Gasteiger partial charge on any atom is -0.480 e. The predicted molar refractivity (Wildman–Crippen MR) is 85.7 cm³/mol. The summed E-state index contributed by atoms with van der Waals surface area (Å²) in [5, 5.41) is 12.2. The van der Waals surface area contributed by atoms with Gasteiger partial charge in [-0.15, -0.1) is 0 Å². The molecule has 130 valence electrons. The maximum atomic E-state index is 12.8. The van der Waals surface area contributed by atoms with Crippen LogP contribution in [0.25, 0.3) is 0 Å². The summed E-state index contributed by atoms with van der Waals surface area (Å²) in [6.45, 7) is 6.99. The second-order valence-corrected chi connectivity index (χ2v) is 7.89. The van der Waals surface area contributed by atoms with Gasteiger partial charge in [0.2, 0.25) is 11.8 Å². The van der Waals surface area contributed by atoms with E-state index < -0.39 is 23.5 Å². The highest BCUT2D eigenvalue weighted by Crippen LogP contribution is 2.40. The highest BCUT2D eigenvalue weighted by Gasteiger charge is 2.48. The van der Waals surface area contributed by atoms with Crippen LogP contribution in [0.2, 0.25) is 0 Å². The Hall–Kier alpha value is -1.59. The molecule has 2 aliphatic rings. The molecule has 2 N–H and O–H groups in total. The predicted octanol–water partition coefficient (Wildman–Crippen LogP) is 1.78. The fraction of sp³-hybridized carbons (Fsp3) is 0.824. The minimum atomic E-state index is -0.943. The van der Waals surface area contributed by atoms with Crippen LogP contribution in [-0.4, -0.2) is 45.9 Å². The lowest BCUT2D eigenvalue weighted by atomic mass is 9.84. The van der Waals surface area contributed by atoms with Crippen molar-refractivity contribution < 1.29 is 19.5 Å². The number of carbonyl (C=O) groups excluding carboxylic acids is 2. The molecular formula is C17H28N2O4. The SMILES string of the molecule is CC(NC(=O)C(C)(C)C)C(=O)N1C(C(=O)O)CC2CCCCC21. The van der Waals surface area contributed by atoms with Gasteiger partial charge in [0, 0.05) is 11.5 Å². The van der Waals surface area contributed by atoms with Crippen molar-refractivity contribution in [2.24, 2.45) is 11.3 Å². The molecule has 6 heteroatoms. The van der Waals surface area contributed by atoms with Gasteiger partial charge < -0.3 is 15.3 Å². The van der Waals surface area contributed by atoms with E-state index in [-0.39, 0.29) is 23.8 Å². The van der Waals surface area contributed by atoms with Crippen LogP contribution in [0, 0.1) is 11.3 Å². The van der Waals surface area contributed by atoms with Crippen LogP contribution in [-0.2, 0) is 14.4 Å². The number of hydrogen-bond acceptors (Lipinski definition) is 3. The number of nitrogens with one attached hydrogen (secondary N) is 1. The van der Waals surface area contributed by atoms with Crippen LogP contribution in [0.1, 0.15) is 59.8 Å². The highest BCUT2D eigenvalue weighted by molar-refractivity contribution is 5.92. The molecule has 0 aromatic rings. The average molecular weight is 324 g/mol. The third kappa shape index (κ3) is 3.67. The molecule has 1 saturated heterocycles. The normalized spacial score (nSPS) is 28.9. The quantitative estimate of drug-likeness (QED) is 0.828. The number of rotatable bonds is 3. The molecule has 1 aliphatic heterocycles. The van der Waals surface area contributed by atoms with E-state index in [9.17, 15) is 19.5 Å². The molecule has 6 nitrogen and oxygen atoms in total. The van der Waals surface area contributed by atoms with Crippen LogP contribution in [0.3, 0.4) is 0 Å². The number of carbonyl (C=O) groups is 3. The Morgan fingerprint density at radius 1 is 1.17 bits per heavy atom. The molecule has 1 aliphatic carbocycles. The lowest BCUT2D eigenvalue weighted by Crippen LogP contribution is -2.55. The molecule has 0 aromatic carbocycles. The molecule has 0 bridgehead atoms. The molecule has 4 unspecified atom stereocenters. The molecular weight excluding hydrogens is 296 g/mol. The van der Waals surface area contributed by atoms with Crippen LogP contribution >= 0.6 is 0 Å². The van der Waals surface area contributed by atoms with Crippen LogP contribution in [0.5, 0.6) is 0 Å². The van der Waals surface area contributed by atoms with Crippen molar-refractivity contribution in [3.05, 3.63) is 0 Å². The molecule has 0 aromatic heterocycles. The van der Waals surface area contributed by atoms with Crippen molar-refractivity contribution in [1.82, 2.24) is 10.2 Å². The van der Waals surface area contributed by atoms with E-state index in [1.165, 1.54) is 0 Å². The first kappa shape index (κ1) is 17.8. The summed E-state index contributed by atoms with van der Waals surface area (Å²) in [5.41, 5.74) is -0.584.